The molecule has 1 heterocycles. The molecule has 0 saturated carbocycles. The monoisotopic (exact) mass is 301 g/mol. The van der Waals surface area contributed by atoms with Gasteiger partial charge in [0, 0.05) is 25.4 Å². The van der Waals surface area contributed by atoms with Crippen LogP contribution >= 0.6 is 0 Å². The van der Waals surface area contributed by atoms with E-state index >= 15 is 0 Å². The Hall–Kier alpha value is -1.96. The molecule has 2 N–H and O–H groups in total. The molecule has 0 aliphatic rings. The van der Waals surface area contributed by atoms with Crippen LogP contribution < -0.4 is 5.32 Å². The van der Waals surface area contributed by atoms with Crippen LogP contribution in [0.4, 0.5) is 14.5 Å². The normalized spacial score (nSPS) is 11.8. The highest BCUT2D eigenvalue weighted by molar-refractivity contribution is 7.91. The number of nitrogens with one attached hydrogen (secondary N) is 2. The van der Waals surface area contributed by atoms with Gasteiger partial charge in [0.25, 0.3) is 0 Å². The van der Waals surface area contributed by atoms with Crippen molar-refractivity contribution in [2.75, 3.05) is 11.9 Å². The zero-order chi connectivity index (χ0) is 14.6. The van der Waals surface area contributed by atoms with Gasteiger partial charge < -0.3 is 10.3 Å². The number of aromatic nitrogens is 2. The first-order chi connectivity index (χ1) is 9.51. The van der Waals surface area contributed by atoms with Gasteiger partial charge in [0.05, 0.1) is 10.6 Å². The summed E-state index contributed by atoms with van der Waals surface area (Å²) in [5.74, 6) is -2.71. The second-order valence-corrected chi connectivity index (χ2v) is 5.90. The van der Waals surface area contributed by atoms with Crippen molar-refractivity contribution in [2.24, 2.45) is 0 Å². The smallest absolute Gasteiger partial charge is 0.341 e. The number of alkyl halides is 2. The number of halogens is 2. The third-order valence-corrected chi connectivity index (χ3v) is 4.10. The van der Waals surface area contributed by atoms with E-state index in [-0.39, 0.29) is 5.69 Å². The van der Waals surface area contributed by atoms with Crippen LogP contribution in [-0.2, 0) is 16.3 Å². The molecule has 1 aromatic carbocycles. The molecule has 2 rings (SSSR count). The Morgan fingerprint density at radius 3 is 2.70 bits per heavy atom. The van der Waals surface area contributed by atoms with E-state index < -0.39 is 20.5 Å². The fraction of sp³-hybridized carbons (Fsp3) is 0.250. The average molecular weight is 301 g/mol. The summed E-state index contributed by atoms with van der Waals surface area (Å²) in [6, 6.07) is 5.61. The molecular weight excluding hydrogens is 288 g/mol. The Kier molecular flexibility index (Phi) is 4.33. The van der Waals surface area contributed by atoms with E-state index in [0.29, 0.717) is 13.0 Å². The highest BCUT2D eigenvalue weighted by Gasteiger charge is 2.28. The van der Waals surface area contributed by atoms with Crippen molar-refractivity contribution in [3.05, 3.63) is 42.5 Å². The minimum atomic E-state index is -4.61. The SMILES string of the molecule is O=S(=O)(c1ccccc1NCCc1ncc[nH]1)C(F)F. The van der Waals surface area contributed by atoms with E-state index in [1.54, 1.807) is 18.5 Å². The molecule has 0 aliphatic heterocycles. The molecular formula is C12H13F2N3O2S. The summed E-state index contributed by atoms with van der Waals surface area (Å²) in [4.78, 5) is 6.52. The molecule has 0 bridgehead atoms. The van der Waals surface area contributed by atoms with Gasteiger partial charge in [0.1, 0.15) is 5.82 Å². The van der Waals surface area contributed by atoms with Gasteiger partial charge in [0.2, 0.25) is 9.84 Å². The van der Waals surface area contributed by atoms with Gasteiger partial charge in [-0.05, 0) is 12.1 Å². The van der Waals surface area contributed by atoms with Crippen LogP contribution in [-0.4, -0.2) is 30.7 Å². The summed E-state index contributed by atoms with van der Waals surface area (Å²) < 4.78 is 48.3. The lowest BCUT2D eigenvalue weighted by molar-refractivity contribution is 0.235. The Morgan fingerprint density at radius 1 is 1.30 bits per heavy atom. The zero-order valence-electron chi connectivity index (χ0n) is 10.4. The molecule has 5 nitrogen and oxygen atoms in total. The first-order valence-electron chi connectivity index (χ1n) is 5.85. The molecule has 20 heavy (non-hydrogen) atoms. The molecule has 2 aromatic rings. The summed E-state index contributed by atoms with van der Waals surface area (Å²) in [5, 5.41) is 2.84. The largest absolute Gasteiger partial charge is 0.384 e. The standard InChI is InChI=1S/C12H13F2N3O2S/c13-12(14)20(18,19)10-4-2-1-3-9(10)15-6-5-11-16-7-8-17-11/h1-4,7-8,12,15H,5-6H2,(H,16,17). The number of H-pyrrole nitrogens is 1. The van der Waals surface area contributed by atoms with Gasteiger partial charge in [-0.2, -0.15) is 8.78 Å². The minimum Gasteiger partial charge on any atom is -0.384 e. The fourth-order valence-corrected chi connectivity index (χ4v) is 2.61. The predicted molar refractivity (Wildman–Crippen MR) is 70.4 cm³/mol. The second kappa shape index (κ2) is 6.00. The van der Waals surface area contributed by atoms with Crippen molar-refractivity contribution in [1.29, 1.82) is 0 Å². The van der Waals surface area contributed by atoms with Crippen molar-refractivity contribution in [2.45, 2.75) is 17.1 Å². The third-order valence-electron chi connectivity index (χ3n) is 2.66. The quantitative estimate of drug-likeness (QED) is 0.856. The summed E-state index contributed by atoms with van der Waals surface area (Å²) in [5.41, 5.74) is 0.166. The molecule has 0 amide bonds. The highest BCUT2D eigenvalue weighted by atomic mass is 32.2. The number of aromatic amines is 1. The van der Waals surface area contributed by atoms with E-state index in [9.17, 15) is 17.2 Å². The maximum absolute atomic E-state index is 12.6. The summed E-state index contributed by atoms with van der Waals surface area (Å²) in [6.45, 7) is 0.378. The molecule has 0 fully saturated rings. The van der Waals surface area contributed by atoms with Crippen molar-refractivity contribution in [3.63, 3.8) is 0 Å². The topological polar surface area (TPSA) is 74.8 Å². The van der Waals surface area contributed by atoms with Crippen LogP contribution in [0.3, 0.4) is 0 Å². The van der Waals surface area contributed by atoms with Crippen LogP contribution in [0, 0.1) is 0 Å². The average Bonchev–Trinajstić information content (AvgIpc) is 2.92. The second-order valence-electron chi connectivity index (χ2n) is 4.01. The summed E-state index contributed by atoms with van der Waals surface area (Å²) in [6.07, 6.45) is 3.80. The lowest BCUT2D eigenvalue weighted by Crippen LogP contribution is -2.15. The third kappa shape index (κ3) is 3.13. The van der Waals surface area contributed by atoms with Gasteiger partial charge in [-0.1, -0.05) is 12.1 Å². The van der Waals surface area contributed by atoms with Gasteiger partial charge in [-0.3, -0.25) is 0 Å². The van der Waals surface area contributed by atoms with Gasteiger partial charge >= 0.3 is 5.76 Å². The molecule has 0 aliphatic carbocycles. The number of nitrogens with zero attached hydrogens (tertiary/aromatic N) is 1. The predicted octanol–water partition coefficient (Wildman–Crippen LogP) is 2.06. The van der Waals surface area contributed by atoms with Crippen LogP contribution in [0.25, 0.3) is 0 Å². The van der Waals surface area contributed by atoms with E-state index in [2.05, 4.69) is 15.3 Å². The maximum atomic E-state index is 12.6. The minimum absolute atomic E-state index is 0.166. The van der Waals surface area contributed by atoms with Crippen LogP contribution in [0.2, 0.25) is 0 Å². The van der Waals surface area contributed by atoms with Crippen LogP contribution in [0.1, 0.15) is 5.82 Å². The van der Waals surface area contributed by atoms with E-state index in [4.69, 9.17) is 0 Å². The van der Waals surface area contributed by atoms with E-state index in [1.807, 2.05) is 0 Å². The van der Waals surface area contributed by atoms with Gasteiger partial charge in [-0.25, -0.2) is 13.4 Å². The first-order valence-corrected chi connectivity index (χ1v) is 7.39. The molecule has 108 valence electrons. The van der Waals surface area contributed by atoms with Crippen LogP contribution in [0.5, 0.6) is 0 Å². The van der Waals surface area contributed by atoms with E-state index in [1.165, 1.54) is 12.1 Å². The molecule has 0 unspecified atom stereocenters. The number of anilines is 1. The molecule has 0 radical (unpaired) electrons. The number of hydrogen-bond acceptors (Lipinski definition) is 4. The summed E-state index contributed by atoms with van der Waals surface area (Å²) >= 11 is 0. The number of hydrogen-bond donors (Lipinski definition) is 2. The van der Waals surface area contributed by atoms with Crippen molar-refractivity contribution in [3.8, 4) is 0 Å². The van der Waals surface area contributed by atoms with Gasteiger partial charge in [0.15, 0.2) is 0 Å². The highest BCUT2D eigenvalue weighted by Crippen LogP contribution is 2.25. The number of benzene rings is 1. The molecule has 1 aromatic heterocycles. The zero-order valence-corrected chi connectivity index (χ0v) is 11.2. The molecule has 0 atom stereocenters. The van der Waals surface area contributed by atoms with Crippen LogP contribution in [0.15, 0.2) is 41.6 Å². The van der Waals surface area contributed by atoms with Gasteiger partial charge in [-0.15, -0.1) is 0 Å². The van der Waals surface area contributed by atoms with Crippen molar-refractivity contribution >= 4 is 15.5 Å². The molecule has 0 spiro atoms. The Morgan fingerprint density at radius 2 is 2.05 bits per heavy atom. The Labute approximate surface area is 115 Å². The number of para-hydroxylation sites is 1. The lowest BCUT2D eigenvalue weighted by Gasteiger charge is -2.11. The summed E-state index contributed by atoms with van der Waals surface area (Å²) in [7, 11) is -4.61. The number of sulfone groups is 1. The molecule has 0 saturated heterocycles. The Bertz CT molecular complexity index is 657. The first kappa shape index (κ1) is 14.4. The van der Waals surface area contributed by atoms with E-state index in [0.717, 1.165) is 11.9 Å². The molecule has 8 heteroatoms. The maximum Gasteiger partial charge on any atom is 0.341 e. The van der Waals surface area contributed by atoms with Crippen molar-refractivity contribution in [1.82, 2.24) is 9.97 Å². The number of rotatable bonds is 6. The van der Waals surface area contributed by atoms with Crippen molar-refractivity contribution < 1.29 is 17.2 Å². The lowest BCUT2D eigenvalue weighted by atomic mass is 10.3. The Balaban J connectivity index is 2.12. The fourth-order valence-electron chi connectivity index (χ4n) is 1.71. The number of imidazole rings is 1.